The van der Waals surface area contributed by atoms with Crippen molar-refractivity contribution in [1.82, 2.24) is 40.4 Å². The number of H-pyrrole nitrogens is 2. The molecule has 3 aromatic carbocycles. The van der Waals surface area contributed by atoms with Crippen LogP contribution in [-0.2, 0) is 19.1 Å². The van der Waals surface area contributed by atoms with Crippen LogP contribution in [0, 0.1) is 11.8 Å². The third-order valence-corrected chi connectivity index (χ3v) is 11.1. The van der Waals surface area contributed by atoms with E-state index >= 15 is 0 Å². The number of nitrogens with one attached hydrogen (secondary N) is 4. The molecule has 0 radical (unpaired) electrons. The fourth-order valence-electron chi connectivity index (χ4n) is 8.00. The van der Waals surface area contributed by atoms with E-state index in [1.165, 1.54) is 14.2 Å². The van der Waals surface area contributed by atoms with Gasteiger partial charge in [-0.05, 0) is 83.7 Å². The SMILES string of the molecule is COC(=O)N[C@H](C(=O)N1CCC[C@H]1c1ncc(-c2ccc3cc(-c4ccc5nc([C@@H]6CCCN6C(=O)[C@@H](NC(=O)OC)C(C)C)[nH]c5c4)ccc3c2)[nH]1)C(C)C.S.S.S.S. The lowest BCUT2D eigenvalue weighted by atomic mass is 9.99. The maximum atomic E-state index is 13.6. The molecule has 7 rings (SSSR count). The smallest absolute Gasteiger partial charge is 0.407 e. The maximum absolute atomic E-state index is 13.6. The molecular formula is C42H58N8O6S4. The molecule has 326 valence electrons. The van der Waals surface area contributed by atoms with Gasteiger partial charge in [0, 0.05) is 18.7 Å². The van der Waals surface area contributed by atoms with Crippen LogP contribution in [0.25, 0.3) is 44.2 Å². The largest absolute Gasteiger partial charge is 0.453 e. The van der Waals surface area contributed by atoms with Crippen LogP contribution < -0.4 is 10.6 Å². The summed E-state index contributed by atoms with van der Waals surface area (Å²) in [5.41, 5.74) is 5.65. The number of rotatable bonds is 10. The normalized spacial score (nSPS) is 16.9. The first-order chi connectivity index (χ1) is 26.9. The highest BCUT2D eigenvalue weighted by atomic mass is 32.1. The fraction of sp³-hybridized carbons (Fsp3) is 0.429. The van der Waals surface area contributed by atoms with Crippen LogP contribution >= 0.6 is 54.0 Å². The summed E-state index contributed by atoms with van der Waals surface area (Å²) in [6.45, 7) is 8.80. The van der Waals surface area contributed by atoms with Gasteiger partial charge in [0.25, 0.3) is 0 Å². The third-order valence-electron chi connectivity index (χ3n) is 11.1. The molecule has 2 aliphatic rings. The number of imidazole rings is 2. The zero-order chi connectivity index (χ0) is 39.7. The molecule has 4 amide bonds. The lowest BCUT2D eigenvalue weighted by Gasteiger charge is -2.30. The van der Waals surface area contributed by atoms with Gasteiger partial charge in [0.2, 0.25) is 11.8 Å². The molecule has 0 saturated carbocycles. The van der Waals surface area contributed by atoms with Gasteiger partial charge < -0.3 is 39.9 Å². The van der Waals surface area contributed by atoms with E-state index in [0.29, 0.717) is 13.1 Å². The molecule has 0 bridgehead atoms. The molecule has 0 spiro atoms. The highest BCUT2D eigenvalue weighted by Crippen LogP contribution is 2.36. The van der Waals surface area contributed by atoms with Crippen LogP contribution in [0.5, 0.6) is 0 Å². The number of benzene rings is 3. The summed E-state index contributed by atoms with van der Waals surface area (Å²) in [4.78, 5) is 71.4. The summed E-state index contributed by atoms with van der Waals surface area (Å²) in [7, 11) is 2.58. The van der Waals surface area contributed by atoms with E-state index in [0.717, 1.165) is 81.5 Å². The monoisotopic (exact) mass is 898 g/mol. The second kappa shape index (κ2) is 21.3. The number of aromatic amines is 2. The molecule has 2 saturated heterocycles. The predicted octanol–water partition coefficient (Wildman–Crippen LogP) is 7.31. The number of alkyl carbamates (subject to hydrolysis) is 2. The molecule has 4 heterocycles. The summed E-state index contributed by atoms with van der Waals surface area (Å²) in [5.74, 6) is 0.963. The van der Waals surface area contributed by atoms with E-state index in [2.05, 4.69) is 69.1 Å². The Morgan fingerprint density at radius 3 is 1.68 bits per heavy atom. The van der Waals surface area contributed by atoms with Crippen molar-refractivity contribution in [2.75, 3.05) is 27.3 Å². The van der Waals surface area contributed by atoms with Crippen LogP contribution in [0.4, 0.5) is 9.59 Å². The molecule has 4 N–H and O–H groups in total. The Hall–Kier alpha value is -4.52. The number of nitrogens with zero attached hydrogens (tertiary/aromatic N) is 4. The average Bonchev–Trinajstić information content (AvgIpc) is 4.03. The molecule has 2 aliphatic heterocycles. The van der Waals surface area contributed by atoms with Crippen LogP contribution in [0.2, 0.25) is 0 Å². The molecule has 2 fully saturated rings. The Balaban J connectivity index is 0.00000240. The second-order valence-corrected chi connectivity index (χ2v) is 15.4. The van der Waals surface area contributed by atoms with Gasteiger partial charge in [-0.25, -0.2) is 19.6 Å². The molecule has 0 aliphatic carbocycles. The molecule has 0 unspecified atom stereocenters. The van der Waals surface area contributed by atoms with E-state index in [9.17, 15) is 19.2 Å². The van der Waals surface area contributed by atoms with Crippen molar-refractivity contribution in [1.29, 1.82) is 0 Å². The zero-order valence-corrected chi connectivity index (χ0v) is 38.7. The molecule has 2 aromatic heterocycles. The lowest BCUT2D eigenvalue weighted by Crippen LogP contribution is -2.51. The topological polar surface area (TPSA) is 175 Å². The van der Waals surface area contributed by atoms with E-state index in [4.69, 9.17) is 19.4 Å². The molecule has 18 heteroatoms. The quantitative estimate of drug-likeness (QED) is 0.113. The van der Waals surface area contributed by atoms with Crippen molar-refractivity contribution < 1.29 is 28.7 Å². The summed E-state index contributed by atoms with van der Waals surface area (Å²) in [5, 5.41) is 7.57. The van der Waals surface area contributed by atoms with E-state index in [1.54, 1.807) is 0 Å². The Labute approximate surface area is 378 Å². The summed E-state index contributed by atoms with van der Waals surface area (Å²) in [6.07, 6.45) is 3.82. The molecule has 14 nitrogen and oxygen atoms in total. The van der Waals surface area contributed by atoms with Crippen LogP contribution in [0.15, 0.2) is 60.8 Å². The fourth-order valence-corrected chi connectivity index (χ4v) is 8.00. The number of hydrogen-bond donors (Lipinski definition) is 4. The molecule has 60 heavy (non-hydrogen) atoms. The Bertz CT molecular complexity index is 2280. The Morgan fingerprint density at radius 1 is 0.667 bits per heavy atom. The van der Waals surface area contributed by atoms with Crippen LogP contribution in [0.1, 0.15) is 77.1 Å². The standard InChI is InChI=1S/C42H50N8O6.4H2S/c1-23(2)35(47-41(53)55-5)39(51)49-17-7-9-33(49)37-43-22-32(46-37)29-14-13-25-19-26(11-12-27(25)20-29)28-15-16-30-31(21-28)45-38(44-30)34-10-8-18-50(34)40(52)36(24(3)4)48-42(54)56-6;;;;/h11-16,19-24,33-36H,7-10,17-18H2,1-6H3,(H,43,46)(H,44,45)(H,47,53)(H,48,54);4*1H2/t33-,34-,35-,36-;;;;/m0..../s1. The van der Waals surface area contributed by atoms with Crippen molar-refractivity contribution in [3.05, 3.63) is 72.4 Å². The van der Waals surface area contributed by atoms with Gasteiger partial charge in [0.15, 0.2) is 0 Å². The highest BCUT2D eigenvalue weighted by Gasteiger charge is 2.39. The number of likely N-dealkylation sites (tertiary alicyclic amines) is 2. The maximum Gasteiger partial charge on any atom is 0.407 e. The number of carbonyl (C=O) groups excluding carboxylic acids is 4. The minimum atomic E-state index is -0.693. The highest BCUT2D eigenvalue weighted by molar-refractivity contribution is 7.59. The number of aromatic nitrogens is 4. The number of hydrogen-bond acceptors (Lipinski definition) is 8. The number of carbonyl (C=O) groups is 4. The van der Waals surface area contributed by atoms with Gasteiger partial charge in [0.1, 0.15) is 23.7 Å². The van der Waals surface area contributed by atoms with Crippen LogP contribution in [-0.4, -0.2) is 93.1 Å². The lowest BCUT2D eigenvalue weighted by molar-refractivity contribution is -0.136. The Kier molecular flexibility index (Phi) is 17.7. The minimum absolute atomic E-state index is 0. The van der Waals surface area contributed by atoms with Gasteiger partial charge in [-0.15, -0.1) is 0 Å². The van der Waals surface area contributed by atoms with Gasteiger partial charge in [-0.1, -0.05) is 58.0 Å². The summed E-state index contributed by atoms with van der Waals surface area (Å²) >= 11 is 0. The van der Waals surface area contributed by atoms with Crippen LogP contribution in [0.3, 0.4) is 0 Å². The van der Waals surface area contributed by atoms with E-state index in [1.807, 2.05) is 49.8 Å². The van der Waals surface area contributed by atoms with Crippen molar-refractivity contribution in [3.8, 4) is 22.4 Å². The van der Waals surface area contributed by atoms with Gasteiger partial charge in [-0.3, -0.25) is 9.59 Å². The average molecular weight is 899 g/mol. The van der Waals surface area contributed by atoms with Gasteiger partial charge in [0.05, 0.1) is 49.2 Å². The number of methoxy groups -OCH3 is 2. The van der Waals surface area contributed by atoms with Crippen molar-refractivity contribution in [2.24, 2.45) is 11.8 Å². The summed E-state index contributed by atoms with van der Waals surface area (Å²) < 4.78 is 9.54. The predicted molar refractivity (Wildman–Crippen MR) is 254 cm³/mol. The summed E-state index contributed by atoms with van der Waals surface area (Å²) in [6, 6.07) is 17.0. The molecular weight excluding hydrogens is 841 g/mol. The van der Waals surface area contributed by atoms with E-state index in [-0.39, 0.29) is 89.7 Å². The first kappa shape index (κ1) is 49.8. The van der Waals surface area contributed by atoms with Crippen molar-refractivity contribution in [3.63, 3.8) is 0 Å². The molecule has 4 atom stereocenters. The van der Waals surface area contributed by atoms with E-state index < -0.39 is 24.3 Å². The van der Waals surface area contributed by atoms with Crippen molar-refractivity contribution >= 4 is 99.8 Å². The third kappa shape index (κ3) is 10.3. The number of fused-ring (bicyclic) bond motifs is 2. The van der Waals surface area contributed by atoms with Gasteiger partial charge in [-0.2, -0.15) is 54.0 Å². The minimum Gasteiger partial charge on any atom is -0.453 e. The first-order valence-electron chi connectivity index (χ1n) is 19.3. The first-order valence-corrected chi connectivity index (χ1v) is 19.3. The second-order valence-electron chi connectivity index (χ2n) is 15.4. The molecule has 5 aromatic rings. The number of ether oxygens (including phenoxy) is 2. The number of amides is 4. The Morgan fingerprint density at radius 2 is 1.15 bits per heavy atom. The zero-order valence-electron chi connectivity index (χ0n) is 34.7. The van der Waals surface area contributed by atoms with Gasteiger partial charge >= 0.3 is 12.2 Å². The van der Waals surface area contributed by atoms with Crippen molar-refractivity contribution in [2.45, 2.75) is 77.5 Å².